The molecule has 3 aromatic rings. The van der Waals surface area contributed by atoms with Gasteiger partial charge in [-0.05, 0) is 72.9 Å². The number of halogens is 1. The topological polar surface area (TPSA) is 145 Å². The molecular formula is C29H31ClN3O6S-. The molecule has 0 radical (unpaired) electrons. The van der Waals surface area contributed by atoms with Crippen LogP contribution in [0.15, 0.2) is 65.7 Å². The van der Waals surface area contributed by atoms with Crippen LogP contribution in [0.5, 0.6) is 0 Å². The number of carbonyl (C=O) groups is 3. The van der Waals surface area contributed by atoms with E-state index in [-0.39, 0.29) is 22.1 Å². The predicted octanol–water partition coefficient (Wildman–Crippen LogP) is 3.70. The number of aromatic nitrogens is 1. The molecule has 0 spiro atoms. The van der Waals surface area contributed by atoms with Crippen LogP contribution in [0.1, 0.15) is 81.4 Å². The summed E-state index contributed by atoms with van der Waals surface area (Å²) in [5, 5.41) is 14.6. The Labute approximate surface area is 239 Å². The van der Waals surface area contributed by atoms with Crippen molar-refractivity contribution in [3.63, 3.8) is 0 Å². The number of aryl methyl sites for hydroxylation is 1. The molecule has 40 heavy (non-hydrogen) atoms. The number of carbonyl (C=O) groups excluding carboxylic acids is 3. The summed E-state index contributed by atoms with van der Waals surface area (Å²) in [5.74, 6) is -2.62. The molecule has 2 aromatic carbocycles. The summed E-state index contributed by atoms with van der Waals surface area (Å²) in [6, 6.07) is 13.7. The first kappa shape index (κ1) is 30.8. The fourth-order valence-electron chi connectivity index (χ4n) is 4.03. The van der Waals surface area contributed by atoms with Gasteiger partial charge >= 0.3 is 0 Å². The third kappa shape index (κ3) is 8.89. The van der Waals surface area contributed by atoms with Gasteiger partial charge in [0.25, 0.3) is 21.8 Å². The van der Waals surface area contributed by atoms with E-state index in [2.05, 4.69) is 21.9 Å². The number of hydrogen-bond donors (Lipinski definition) is 2. The number of unbranched alkanes of at least 4 members (excludes halogenated alkanes) is 4. The highest BCUT2D eigenvalue weighted by Crippen LogP contribution is 2.17. The minimum Gasteiger partial charge on any atom is -0.543 e. The van der Waals surface area contributed by atoms with Crippen molar-refractivity contribution < 1.29 is 27.9 Å². The minimum atomic E-state index is -4.21. The zero-order chi connectivity index (χ0) is 29.1. The SMILES string of the molecule is CCCCCCCc1cc(C(=O)[O-])ncc1C(=O)NS(=O)(=O)c1ccc(CCNC(=O)c2ccc(Cl)cc2)cc1. The summed E-state index contributed by atoms with van der Waals surface area (Å²) >= 11 is 5.84. The summed E-state index contributed by atoms with van der Waals surface area (Å²) in [5.41, 5.74) is 1.34. The van der Waals surface area contributed by atoms with Crippen molar-refractivity contribution in [3.05, 3.63) is 93.8 Å². The molecule has 0 bridgehead atoms. The summed E-state index contributed by atoms with van der Waals surface area (Å²) < 4.78 is 27.9. The molecular weight excluding hydrogens is 554 g/mol. The van der Waals surface area contributed by atoms with E-state index in [0.29, 0.717) is 42.0 Å². The fraction of sp³-hybridized carbons (Fsp3) is 0.310. The molecule has 11 heteroatoms. The zero-order valence-electron chi connectivity index (χ0n) is 22.1. The molecule has 3 rings (SSSR count). The first-order chi connectivity index (χ1) is 19.1. The van der Waals surface area contributed by atoms with E-state index in [0.717, 1.165) is 37.4 Å². The van der Waals surface area contributed by atoms with Gasteiger partial charge in [0.15, 0.2) is 0 Å². The lowest BCUT2D eigenvalue weighted by molar-refractivity contribution is -0.255. The van der Waals surface area contributed by atoms with Crippen molar-refractivity contribution in [2.75, 3.05) is 6.54 Å². The average Bonchev–Trinajstić information content (AvgIpc) is 2.93. The Hall–Kier alpha value is -3.76. The second-order valence-corrected chi connectivity index (χ2v) is 11.4. The molecule has 0 saturated heterocycles. The number of nitrogens with one attached hydrogen (secondary N) is 2. The first-order valence-corrected chi connectivity index (χ1v) is 14.9. The lowest BCUT2D eigenvalue weighted by Crippen LogP contribution is -2.32. The Morgan fingerprint density at radius 1 is 0.900 bits per heavy atom. The van der Waals surface area contributed by atoms with Gasteiger partial charge in [-0.15, -0.1) is 0 Å². The number of carboxylic acid groups (broad SMARTS) is 1. The predicted molar refractivity (Wildman–Crippen MR) is 150 cm³/mol. The summed E-state index contributed by atoms with van der Waals surface area (Å²) in [7, 11) is -4.21. The van der Waals surface area contributed by atoms with Crippen molar-refractivity contribution >= 4 is 39.4 Å². The number of benzene rings is 2. The zero-order valence-corrected chi connectivity index (χ0v) is 23.7. The van der Waals surface area contributed by atoms with Crippen molar-refractivity contribution in [3.8, 4) is 0 Å². The third-order valence-corrected chi connectivity index (χ3v) is 7.86. The van der Waals surface area contributed by atoms with Crippen LogP contribution in [0.4, 0.5) is 0 Å². The van der Waals surface area contributed by atoms with Gasteiger partial charge in [0.1, 0.15) is 0 Å². The second kappa shape index (κ2) is 14.6. The van der Waals surface area contributed by atoms with E-state index in [1.54, 1.807) is 36.4 Å². The quantitative estimate of drug-likeness (QED) is 0.275. The monoisotopic (exact) mass is 584 g/mol. The van der Waals surface area contributed by atoms with E-state index < -0.39 is 21.9 Å². The highest BCUT2D eigenvalue weighted by Gasteiger charge is 2.21. The van der Waals surface area contributed by atoms with Crippen LogP contribution in [0.3, 0.4) is 0 Å². The fourth-order valence-corrected chi connectivity index (χ4v) is 5.13. The van der Waals surface area contributed by atoms with Gasteiger partial charge < -0.3 is 15.2 Å². The Morgan fingerprint density at radius 3 is 2.23 bits per heavy atom. The normalized spacial score (nSPS) is 11.2. The lowest BCUT2D eigenvalue weighted by Gasteiger charge is -2.13. The third-order valence-electron chi connectivity index (χ3n) is 6.26. The molecule has 1 heterocycles. The Balaban J connectivity index is 1.62. The molecule has 0 aliphatic rings. The minimum absolute atomic E-state index is 0.00267. The van der Waals surface area contributed by atoms with Crippen molar-refractivity contribution in [2.45, 2.75) is 56.8 Å². The number of amides is 2. The van der Waals surface area contributed by atoms with E-state index in [4.69, 9.17) is 11.6 Å². The summed E-state index contributed by atoms with van der Waals surface area (Å²) in [6.45, 7) is 2.43. The molecule has 0 atom stereocenters. The van der Waals surface area contributed by atoms with Crippen molar-refractivity contribution in [2.24, 2.45) is 0 Å². The molecule has 2 N–H and O–H groups in total. The van der Waals surface area contributed by atoms with Gasteiger partial charge in [0, 0.05) is 23.3 Å². The Bertz CT molecular complexity index is 1440. The summed E-state index contributed by atoms with van der Waals surface area (Å²) in [6.07, 6.45) is 6.69. The van der Waals surface area contributed by atoms with Crippen LogP contribution < -0.4 is 15.1 Å². The number of rotatable bonds is 14. The standard InChI is InChI=1S/C29H32ClN3O6S/c1-2-3-4-5-6-7-22-18-26(29(36)37)32-19-25(22)28(35)33-40(38,39)24-14-8-20(9-15-24)16-17-31-27(34)21-10-12-23(30)13-11-21/h8-15,18-19H,2-7,16-17H2,1H3,(H,31,34)(H,33,35)(H,36,37)/p-1. The summed E-state index contributed by atoms with van der Waals surface area (Å²) in [4.78, 5) is 40.1. The Kier molecular flexibility index (Phi) is 11.2. The average molecular weight is 585 g/mol. The number of hydrogen-bond acceptors (Lipinski definition) is 7. The van der Waals surface area contributed by atoms with Crippen LogP contribution in [-0.4, -0.2) is 37.7 Å². The maximum absolute atomic E-state index is 12.9. The van der Waals surface area contributed by atoms with Gasteiger partial charge in [-0.2, -0.15) is 0 Å². The number of pyridine rings is 1. The van der Waals surface area contributed by atoms with Gasteiger partial charge in [0.05, 0.1) is 22.1 Å². The number of aromatic carboxylic acids is 1. The lowest BCUT2D eigenvalue weighted by atomic mass is 10.0. The maximum Gasteiger partial charge on any atom is 0.266 e. The van der Waals surface area contributed by atoms with E-state index in [1.165, 1.54) is 18.2 Å². The molecule has 0 aliphatic carbocycles. The smallest absolute Gasteiger partial charge is 0.266 e. The molecule has 0 unspecified atom stereocenters. The Morgan fingerprint density at radius 2 is 1.57 bits per heavy atom. The van der Waals surface area contributed by atoms with E-state index in [9.17, 15) is 27.9 Å². The highest BCUT2D eigenvalue weighted by molar-refractivity contribution is 7.90. The van der Waals surface area contributed by atoms with Crippen LogP contribution in [-0.2, 0) is 22.9 Å². The molecule has 212 valence electrons. The van der Waals surface area contributed by atoms with Crippen molar-refractivity contribution in [1.29, 1.82) is 0 Å². The van der Waals surface area contributed by atoms with Crippen LogP contribution in [0, 0.1) is 0 Å². The number of sulfonamides is 1. The van der Waals surface area contributed by atoms with Crippen LogP contribution in [0.25, 0.3) is 0 Å². The van der Waals surface area contributed by atoms with Gasteiger partial charge in [-0.25, -0.2) is 13.1 Å². The van der Waals surface area contributed by atoms with Crippen molar-refractivity contribution in [1.82, 2.24) is 15.0 Å². The number of carboxylic acids is 1. The molecule has 0 fully saturated rings. The van der Waals surface area contributed by atoms with Gasteiger partial charge in [0.2, 0.25) is 0 Å². The molecule has 9 nitrogen and oxygen atoms in total. The molecule has 1 aromatic heterocycles. The second-order valence-electron chi connectivity index (χ2n) is 9.27. The first-order valence-electron chi connectivity index (χ1n) is 13.0. The van der Waals surface area contributed by atoms with Crippen LogP contribution >= 0.6 is 11.6 Å². The maximum atomic E-state index is 12.9. The molecule has 0 saturated carbocycles. The molecule has 0 aliphatic heterocycles. The largest absolute Gasteiger partial charge is 0.543 e. The van der Waals surface area contributed by atoms with Gasteiger partial charge in [-0.1, -0.05) is 56.3 Å². The van der Waals surface area contributed by atoms with Gasteiger partial charge in [-0.3, -0.25) is 14.6 Å². The highest BCUT2D eigenvalue weighted by atomic mass is 35.5. The van der Waals surface area contributed by atoms with Crippen LogP contribution in [0.2, 0.25) is 5.02 Å². The number of nitrogens with zero attached hydrogens (tertiary/aromatic N) is 1. The molecule has 2 amide bonds. The van der Waals surface area contributed by atoms with E-state index >= 15 is 0 Å². The van der Waals surface area contributed by atoms with E-state index in [1.807, 2.05) is 0 Å².